The zero-order chi connectivity index (χ0) is 14.0. The molecule has 0 spiro atoms. The summed E-state index contributed by atoms with van der Waals surface area (Å²) in [6, 6.07) is -0.00415. The van der Waals surface area contributed by atoms with Crippen LogP contribution in [0, 0.1) is 5.92 Å². The van der Waals surface area contributed by atoms with E-state index in [-0.39, 0.29) is 17.9 Å². The summed E-state index contributed by atoms with van der Waals surface area (Å²) in [6.45, 7) is 5.09. The van der Waals surface area contributed by atoms with E-state index in [2.05, 4.69) is 14.9 Å². The minimum Gasteiger partial charge on any atom is -0.376 e. The number of rotatable bonds is 6. The first-order valence-electron chi connectivity index (χ1n) is 7.69. The second kappa shape index (κ2) is 6.27. The van der Waals surface area contributed by atoms with Crippen molar-refractivity contribution in [2.24, 2.45) is 5.92 Å². The number of hydrogen-bond acceptors (Lipinski definition) is 5. The summed E-state index contributed by atoms with van der Waals surface area (Å²) < 4.78 is 33.0. The molecule has 1 saturated carbocycles. The van der Waals surface area contributed by atoms with Crippen molar-refractivity contribution < 1.29 is 13.2 Å². The van der Waals surface area contributed by atoms with Crippen LogP contribution in [0.4, 0.5) is 0 Å². The van der Waals surface area contributed by atoms with E-state index in [1.54, 1.807) is 0 Å². The Balaban J connectivity index is 1.47. The molecule has 0 amide bonds. The molecule has 0 aromatic heterocycles. The lowest BCUT2D eigenvalue weighted by atomic mass is 10.1. The summed E-state index contributed by atoms with van der Waals surface area (Å²) in [6.07, 6.45) is 3.30. The molecule has 0 bridgehead atoms. The van der Waals surface area contributed by atoms with Gasteiger partial charge in [-0.3, -0.25) is 4.90 Å². The molecule has 1 aliphatic carbocycles. The number of hydrogen-bond donors (Lipinski definition) is 2. The van der Waals surface area contributed by atoms with Crippen LogP contribution in [-0.4, -0.2) is 70.5 Å². The second-order valence-electron chi connectivity index (χ2n) is 6.10. The summed E-state index contributed by atoms with van der Waals surface area (Å²) in [5.41, 5.74) is 0. The molecule has 3 fully saturated rings. The van der Waals surface area contributed by atoms with Crippen molar-refractivity contribution in [1.82, 2.24) is 14.9 Å². The van der Waals surface area contributed by atoms with Gasteiger partial charge in [0, 0.05) is 39.3 Å². The average Bonchev–Trinajstić information content (AvgIpc) is 3.19. The van der Waals surface area contributed by atoms with Gasteiger partial charge in [0.25, 0.3) is 0 Å². The Morgan fingerprint density at radius 1 is 1.20 bits per heavy atom. The largest absolute Gasteiger partial charge is 0.376 e. The van der Waals surface area contributed by atoms with E-state index in [0.717, 1.165) is 32.6 Å². The monoisotopic (exact) mass is 303 g/mol. The van der Waals surface area contributed by atoms with Gasteiger partial charge in [-0.1, -0.05) is 0 Å². The van der Waals surface area contributed by atoms with E-state index in [0.29, 0.717) is 19.1 Å². The molecule has 20 heavy (non-hydrogen) atoms. The SMILES string of the molecule is O=S(=O)(CCN1CCNCC1)NC1CCOC1C1CC1. The summed E-state index contributed by atoms with van der Waals surface area (Å²) >= 11 is 0. The molecule has 0 aromatic carbocycles. The van der Waals surface area contributed by atoms with E-state index in [9.17, 15) is 8.42 Å². The molecule has 116 valence electrons. The summed E-state index contributed by atoms with van der Waals surface area (Å²) in [5.74, 6) is 0.777. The van der Waals surface area contributed by atoms with Crippen LogP contribution in [0.15, 0.2) is 0 Å². The second-order valence-corrected chi connectivity index (χ2v) is 7.97. The predicted octanol–water partition coefficient (Wildman–Crippen LogP) is -0.621. The molecule has 3 rings (SSSR count). The summed E-state index contributed by atoms with van der Waals surface area (Å²) in [5, 5.41) is 3.27. The molecular weight excluding hydrogens is 278 g/mol. The van der Waals surface area contributed by atoms with Gasteiger partial charge in [0.15, 0.2) is 0 Å². The smallest absolute Gasteiger partial charge is 0.213 e. The van der Waals surface area contributed by atoms with E-state index in [1.807, 2.05) is 0 Å². The molecule has 2 heterocycles. The standard InChI is InChI=1S/C13H25N3O3S/c17-20(18,10-8-16-6-4-14-5-7-16)15-12-3-9-19-13(12)11-1-2-11/h11-15H,1-10H2. The Labute approximate surface area is 121 Å². The molecule has 7 heteroatoms. The first-order chi connectivity index (χ1) is 9.64. The average molecular weight is 303 g/mol. The first kappa shape index (κ1) is 14.7. The summed E-state index contributed by atoms with van der Waals surface area (Å²) in [4.78, 5) is 2.21. The van der Waals surface area contributed by atoms with Gasteiger partial charge in [-0.05, 0) is 25.2 Å². The van der Waals surface area contributed by atoms with Crippen molar-refractivity contribution in [3.8, 4) is 0 Å². The van der Waals surface area contributed by atoms with Crippen molar-refractivity contribution in [3.05, 3.63) is 0 Å². The van der Waals surface area contributed by atoms with Gasteiger partial charge in [0.1, 0.15) is 0 Å². The molecule has 2 N–H and O–H groups in total. The molecule has 0 aromatic rings. The van der Waals surface area contributed by atoms with Crippen LogP contribution >= 0.6 is 0 Å². The molecule has 2 unspecified atom stereocenters. The fourth-order valence-electron chi connectivity index (χ4n) is 3.10. The molecule has 2 atom stereocenters. The molecule has 0 radical (unpaired) electrons. The third kappa shape index (κ3) is 3.92. The lowest BCUT2D eigenvalue weighted by Crippen LogP contribution is -2.47. The Kier molecular flexibility index (Phi) is 4.62. The maximum absolute atomic E-state index is 12.2. The highest BCUT2D eigenvalue weighted by Crippen LogP contribution is 2.38. The molecule has 2 aliphatic heterocycles. The Morgan fingerprint density at radius 2 is 1.95 bits per heavy atom. The van der Waals surface area contributed by atoms with Crippen molar-refractivity contribution >= 4 is 10.0 Å². The van der Waals surface area contributed by atoms with Crippen LogP contribution < -0.4 is 10.0 Å². The molecular formula is C13H25N3O3S. The fraction of sp³-hybridized carbons (Fsp3) is 1.00. The minimum absolute atomic E-state index is 0.00415. The lowest BCUT2D eigenvalue weighted by Gasteiger charge is -2.27. The van der Waals surface area contributed by atoms with Crippen LogP contribution in [0.2, 0.25) is 0 Å². The normalized spacial score (nSPS) is 32.6. The highest BCUT2D eigenvalue weighted by Gasteiger charge is 2.41. The van der Waals surface area contributed by atoms with Gasteiger partial charge in [-0.15, -0.1) is 0 Å². The highest BCUT2D eigenvalue weighted by molar-refractivity contribution is 7.89. The van der Waals surface area contributed by atoms with Crippen LogP contribution in [0.25, 0.3) is 0 Å². The maximum Gasteiger partial charge on any atom is 0.213 e. The third-order valence-corrected chi connectivity index (χ3v) is 5.82. The van der Waals surface area contributed by atoms with Gasteiger partial charge in [0.2, 0.25) is 10.0 Å². The van der Waals surface area contributed by atoms with Crippen molar-refractivity contribution in [2.75, 3.05) is 45.1 Å². The number of nitrogens with zero attached hydrogens (tertiary/aromatic N) is 1. The number of ether oxygens (including phenoxy) is 1. The predicted molar refractivity (Wildman–Crippen MR) is 77.1 cm³/mol. The maximum atomic E-state index is 12.2. The van der Waals surface area contributed by atoms with Gasteiger partial charge in [0.05, 0.1) is 17.9 Å². The number of nitrogens with one attached hydrogen (secondary N) is 2. The molecule has 6 nitrogen and oxygen atoms in total. The quantitative estimate of drug-likeness (QED) is 0.684. The van der Waals surface area contributed by atoms with Crippen molar-refractivity contribution in [2.45, 2.75) is 31.4 Å². The Morgan fingerprint density at radius 3 is 2.65 bits per heavy atom. The zero-order valence-electron chi connectivity index (χ0n) is 11.9. The fourth-order valence-corrected chi connectivity index (χ4v) is 4.43. The van der Waals surface area contributed by atoms with E-state index >= 15 is 0 Å². The van der Waals surface area contributed by atoms with Crippen LogP contribution in [-0.2, 0) is 14.8 Å². The molecule has 2 saturated heterocycles. The first-order valence-corrected chi connectivity index (χ1v) is 9.34. The van der Waals surface area contributed by atoms with Crippen LogP contribution in [0.3, 0.4) is 0 Å². The minimum atomic E-state index is -3.20. The van der Waals surface area contributed by atoms with Gasteiger partial charge in [-0.2, -0.15) is 0 Å². The summed E-state index contributed by atoms with van der Waals surface area (Å²) in [7, 11) is -3.20. The topological polar surface area (TPSA) is 70.7 Å². The van der Waals surface area contributed by atoms with Gasteiger partial charge >= 0.3 is 0 Å². The van der Waals surface area contributed by atoms with Gasteiger partial charge in [-0.25, -0.2) is 13.1 Å². The number of piperazine rings is 1. The lowest BCUT2D eigenvalue weighted by molar-refractivity contribution is 0.0848. The highest BCUT2D eigenvalue weighted by atomic mass is 32.2. The van der Waals surface area contributed by atoms with Crippen LogP contribution in [0.5, 0.6) is 0 Å². The zero-order valence-corrected chi connectivity index (χ0v) is 12.7. The number of sulfonamides is 1. The van der Waals surface area contributed by atoms with Crippen molar-refractivity contribution in [1.29, 1.82) is 0 Å². The van der Waals surface area contributed by atoms with Crippen molar-refractivity contribution in [3.63, 3.8) is 0 Å². The van der Waals surface area contributed by atoms with E-state index in [1.165, 1.54) is 12.8 Å². The third-order valence-electron chi connectivity index (χ3n) is 4.44. The Hall–Kier alpha value is -0.210. The van der Waals surface area contributed by atoms with E-state index < -0.39 is 10.0 Å². The van der Waals surface area contributed by atoms with Crippen LogP contribution in [0.1, 0.15) is 19.3 Å². The van der Waals surface area contributed by atoms with E-state index in [4.69, 9.17) is 4.74 Å². The van der Waals surface area contributed by atoms with Gasteiger partial charge < -0.3 is 10.1 Å². The molecule has 3 aliphatic rings. The Bertz CT molecular complexity index is 419.